The van der Waals surface area contributed by atoms with Crippen LogP contribution in [0.3, 0.4) is 0 Å². The lowest BCUT2D eigenvalue weighted by molar-refractivity contribution is -0.167. The predicted molar refractivity (Wildman–Crippen MR) is 91.3 cm³/mol. The van der Waals surface area contributed by atoms with Crippen molar-refractivity contribution in [3.05, 3.63) is 78.4 Å². The molecule has 4 atom stereocenters. The highest BCUT2D eigenvalue weighted by atomic mass is 16.7. The maximum Gasteiger partial charge on any atom is 0.268 e. The Bertz CT molecular complexity index is 877. The van der Waals surface area contributed by atoms with Crippen LogP contribution in [0.15, 0.2) is 72.8 Å². The minimum atomic E-state index is -0.391. The molecule has 2 bridgehead atoms. The molecule has 2 aromatic carbocycles. The molecule has 25 heavy (non-hydrogen) atoms. The lowest BCUT2D eigenvalue weighted by atomic mass is 9.70. The standard InChI is InChI=1S/C21H17NO3/c23-19-17-14-11-12-21(13-14,15-7-3-1-4-8-15)18(17)20(24)22(19)25-16-9-5-2-6-10-16/h1-12,14,17-18H,13H2. The first-order valence-corrected chi connectivity index (χ1v) is 8.56. The molecule has 1 saturated heterocycles. The van der Waals surface area contributed by atoms with E-state index in [1.54, 1.807) is 12.1 Å². The van der Waals surface area contributed by atoms with Gasteiger partial charge in [0.1, 0.15) is 0 Å². The number of amides is 2. The van der Waals surface area contributed by atoms with Gasteiger partial charge in [-0.15, -0.1) is 5.06 Å². The Kier molecular flexibility index (Phi) is 2.93. The molecule has 3 aliphatic rings. The van der Waals surface area contributed by atoms with Crippen molar-refractivity contribution in [1.82, 2.24) is 5.06 Å². The smallest absolute Gasteiger partial charge is 0.268 e. The summed E-state index contributed by atoms with van der Waals surface area (Å²) in [4.78, 5) is 31.7. The molecule has 4 unspecified atom stereocenters. The van der Waals surface area contributed by atoms with Crippen molar-refractivity contribution < 1.29 is 14.4 Å². The molecule has 2 amide bonds. The Balaban J connectivity index is 1.53. The summed E-state index contributed by atoms with van der Waals surface area (Å²) in [5, 5.41) is 0.988. The molecule has 5 rings (SSSR count). The summed E-state index contributed by atoms with van der Waals surface area (Å²) in [6, 6.07) is 19.0. The van der Waals surface area contributed by atoms with Crippen LogP contribution in [-0.4, -0.2) is 16.9 Å². The van der Waals surface area contributed by atoms with Crippen molar-refractivity contribution in [2.45, 2.75) is 11.8 Å². The molecule has 2 fully saturated rings. The normalized spacial score (nSPS) is 32.3. The van der Waals surface area contributed by atoms with E-state index in [0.717, 1.165) is 17.0 Å². The lowest BCUT2D eigenvalue weighted by Gasteiger charge is -2.30. The SMILES string of the molecule is O=C1C2C3C=CC(c4ccccc4)(C3)C2C(=O)N1Oc1ccccc1. The zero-order valence-electron chi connectivity index (χ0n) is 13.5. The van der Waals surface area contributed by atoms with Crippen LogP contribution in [-0.2, 0) is 15.0 Å². The summed E-state index contributed by atoms with van der Waals surface area (Å²) in [5.41, 5.74) is 0.710. The number of benzene rings is 2. The minimum absolute atomic E-state index is 0.103. The third kappa shape index (κ3) is 1.88. The van der Waals surface area contributed by atoms with E-state index in [-0.39, 0.29) is 29.6 Å². The number of hydrogen-bond acceptors (Lipinski definition) is 3. The molecule has 0 spiro atoms. The summed E-state index contributed by atoms with van der Waals surface area (Å²) >= 11 is 0. The number of rotatable bonds is 3. The van der Waals surface area contributed by atoms with Crippen LogP contribution in [0, 0.1) is 17.8 Å². The molecule has 0 N–H and O–H groups in total. The van der Waals surface area contributed by atoms with Gasteiger partial charge in [0, 0.05) is 5.41 Å². The van der Waals surface area contributed by atoms with Gasteiger partial charge in [0.2, 0.25) is 0 Å². The number of hydrogen-bond donors (Lipinski definition) is 0. The molecule has 2 aromatic rings. The Morgan fingerprint density at radius 2 is 1.60 bits per heavy atom. The minimum Gasteiger partial charge on any atom is -0.369 e. The van der Waals surface area contributed by atoms with E-state index < -0.39 is 5.41 Å². The fourth-order valence-electron chi connectivity index (χ4n) is 4.76. The van der Waals surface area contributed by atoms with Crippen molar-refractivity contribution >= 4 is 11.8 Å². The average Bonchev–Trinajstić information content (AvgIpc) is 3.31. The molecule has 2 aliphatic carbocycles. The number of fused-ring (bicyclic) bond motifs is 5. The summed E-state index contributed by atoms with van der Waals surface area (Å²) in [6.45, 7) is 0. The Labute approximate surface area is 145 Å². The van der Waals surface area contributed by atoms with Gasteiger partial charge in [-0.05, 0) is 30.0 Å². The number of carbonyl (C=O) groups is 2. The van der Waals surface area contributed by atoms with Gasteiger partial charge >= 0.3 is 0 Å². The van der Waals surface area contributed by atoms with Gasteiger partial charge in [0.15, 0.2) is 5.75 Å². The van der Waals surface area contributed by atoms with Crippen LogP contribution >= 0.6 is 0 Å². The number of para-hydroxylation sites is 1. The van der Waals surface area contributed by atoms with E-state index in [1.165, 1.54) is 0 Å². The van der Waals surface area contributed by atoms with Crippen LogP contribution in [0.1, 0.15) is 12.0 Å². The first kappa shape index (κ1) is 14.5. The van der Waals surface area contributed by atoms with Crippen molar-refractivity contribution in [2.24, 2.45) is 17.8 Å². The highest BCUT2D eigenvalue weighted by Crippen LogP contribution is 2.60. The zero-order chi connectivity index (χ0) is 17.0. The van der Waals surface area contributed by atoms with Crippen molar-refractivity contribution in [2.75, 3.05) is 0 Å². The molecule has 0 radical (unpaired) electrons. The zero-order valence-corrected chi connectivity index (χ0v) is 13.5. The van der Waals surface area contributed by atoms with E-state index in [2.05, 4.69) is 12.2 Å². The van der Waals surface area contributed by atoms with Crippen molar-refractivity contribution in [3.63, 3.8) is 0 Å². The van der Waals surface area contributed by atoms with Crippen LogP contribution in [0.25, 0.3) is 0 Å². The number of carbonyl (C=O) groups excluding carboxylic acids is 2. The number of nitrogens with zero attached hydrogens (tertiary/aromatic N) is 1. The third-order valence-corrected chi connectivity index (χ3v) is 5.79. The topological polar surface area (TPSA) is 46.6 Å². The predicted octanol–water partition coefficient (Wildman–Crippen LogP) is 3.11. The van der Waals surface area contributed by atoms with Gasteiger partial charge < -0.3 is 4.84 Å². The molecular weight excluding hydrogens is 314 g/mol. The summed E-state index contributed by atoms with van der Waals surface area (Å²) in [7, 11) is 0. The lowest BCUT2D eigenvalue weighted by Crippen LogP contribution is -2.39. The number of allylic oxidation sites excluding steroid dienone is 2. The highest BCUT2D eigenvalue weighted by Gasteiger charge is 2.67. The van der Waals surface area contributed by atoms with Crippen LogP contribution in [0.2, 0.25) is 0 Å². The molecular formula is C21H17NO3. The quantitative estimate of drug-likeness (QED) is 0.641. The van der Waals surface area contributed by atoms with E-state index in [4.69, 9.17) is 4.84 Å². The number of hydroxylamine groups is 2. The Morgan fingerprint density at radius 3 is 2.32 bits per heavy atom. The van der Waals surface area contributed by atoms with Gasteiger partial charge in [-0.2, -0.15) is 0 Å². The summed E-state index contributed by atoms with van der Waals surface area (Å²) in [5.74, 6) is -0.535. The van der Waals surface area contributed by atoms with E-state index in [9.17, 15) is 9.59 Å². The molecule has 4 nitrogen and oxygen atoms in total. The molecule has 4 heteroatoms. The maximum absolute atomic E-state index is 13.1. The van der Waals surface area contributed by atoms with Crippen molar-refractivity contribution in [3.8, 4) is 5.75 Å². The monoisotopic (exact) mass is 331 g/mol. The van der Waals surface area contributed by atoms with Gasteiger partial charge in [0.05, 0.1) is 11.8 Å². The van der Waals surface area contributed by atoms with Crippen LogP contribution in [0.5, 0.6) is 5.75 Å². The van der Waals surface area contributed by atoms with Crippen LogP contribution in [0.4, 0.5) is 0 Å². The summed E-state index contributed by atoms with van der Waals surface area (Å²) < 4.78 is 0. The second kappa shape index (κ2) is 5.06. The van der Waals surface area contributed by atoms with Gasteiger partial charge in [0.25, 0.3) is 11.8 Å². The fraction of sp³-hybridized carbons (Fsp3) is 0.238. The fourth-order valence-corrected chi connectivity index (χ4v) is 4.76. The van der Waals surface area contributed by atoms with E-state index >= 15 is 0 Å². The highest BCUT2D eigenvalue weighted by molar-refractivity contribution is 6.06. The van der Waals surface area contributed by atoms with E-state index in [1.807, 2.05) is 48.5 Å². The molecule has 124 valence electrons. The first-order valence-electron chi connectivity index (χ1n) is 8.56. The van der Waals surface area contributed by atoms with Gasteiger partial charge in [-0.3, -0.25) is 9.59 Å². The largest absolute Gasteiger partial charge is 0.369 e. The summed E-state index contributed by atoms with van der Waals surface area (Å²) in [6.07, 6.45) is 5.06. The first-order chi connectivity index (χ1) is 12.2. The molecule has 0 aromatic heterocycles. The van der Waals surface area contributed by atoms with E-state index in [0.29, 0.717) is 5.75 Å². The van der Waals surface area contributed by atoms with Gasteiger partial charge in [-0.1, -0.05) is 60.7 Å². The Morgan fingerprint density at radius 1 is 0.920 bits per heavy atom. The second-order valence-electron chi connectivity index (χ2n) is 7.01. The Hall–Kier alpha value is -2.88. The number of imide groups is 1. The second-order valence-corrected chi connectivity index (χ2v) is 7.01. The van der Waals surface area contributed by atoms with Crippen LogP contribution < -0.4 is 4.84 Å². The average molecular weight is 331 g/mol. The van der Waals surface area contributed by atoms with Crippen molar-refractivity contribution in [1.29, 1.82) is 0 Å². The molecule has 1 aliphatic heterocycles. The van der Waals surface area contributed by atoms with Gasteiger partial charge in [-0.25, -0.2) is 0 Å². The molecule has 1 saturated carbocycles. The third-order valence-electron chi connectivity index (χ3n) is 5.79. The maximum atomic E-state index is 13.1. The molecule has 1 heterocycles.